The number of hydrogen-bond acceptors (Lipinski definition) is 4. The quantitative estimate of drug-likeness (QED) is 0.180. The first kappa shape index (κ1) is 31.8. The van der Waals surface area contributed by atoms with Crippen molar-refractivity contribution in [1.29, 1.82) is 0 Å². The molecule has 0 aliphatic carbocycles. The van der Waals surface area contributed by atoms with Crippen molar-refractivity contribution < 1.29 is 9.15 Å². The largest absolute Gasteiger partial charge is 0.456 e. The molecule has 1 aliphatic heterocycles. The van der Waals surface area contributed by atoms with Gasteiger partial charge in [0.1, 0.15) is 22.7 Å². The summed E-state index contributed by atoms with van der Waals surface area (Å²) < 4.78 is 18.0. The summed E-state index contributed by atoms with van der Waals surface area (Å²) >= 11 is 0. The molecule has 0 saturated carbocycles. The van der Waals surface area contributed by atoms with Crippen molar-refractivity contribution in [2.24, 2.45) is 0 Å². The lowest BCUT2D eigenvalue weighted by Gasteiger charge is -2.22. The molecular weight excluding hydrogens is 737 g/mol. The van der Waals surface area contributed by atoms with E-state index in [-0.39, 0.29) is 0 Å². The highest BCUT2D eigenvalue weighted by Crippen LogP contribution is 2.50. The minimum absolute atomic E-state index is 0.588. The number of rotatable bonds is 3. The number of fused-ring (bicyclic) bond motifs is 13. The molecule has 4 aromatic heterocycles. The minimum Gasteiger partial charge on any atom is -0.456 e. The maximum Gasteiger partial charge on any atom is 0.235 e. The van der Waals surface area contributed by atoms with E-state index in [1.165, 1.54) is 10.8 Å². The summed E-state index contributed by atoms with van der Waals surface area (Å²) in [6.07, 6.45) is 0. The summed E-state index contributed by atoms with van der Waals surface area (Å²) in [6, 6.07) is 64.1. The number of ether oxygens (including phenoxy) is 1. The SMILES string of the molecule is c1ccc2c(c1)Oc1ccc(-c3cccc4c3oc3ccccc34)c3nc(-n4c5ccccc5c5ccc6c(c7ccccc7n6-c6cccc7ccccc67)c54)nc-2c13. The first-order valence-corrected chi connectivity index (χ1v) is 20.2. The molecule has 0 bridgehead atoms. The molecule has 14 rings (SSSR count). The lowest BCUT2D eigenvalue weighted by Crippen LogP contribution is -2.07. The van der Waals surface area contributed by atoms with Crippen LogP contribution >= 0.6 is 0 Å². The Morgan fingerprint density at radius 3 is 2.02 bits per heavy atom. The van der Waals surface area contributed by atoms with Gasteiger partial charge in [0.05, 0.1) is 44.4 Å². The zero-order valence-electron chi connectivity index (χ0n) is 31.9. The Kier molecular flexibility index (Phi) is 6.20. The second kappa shape index (κ2) is 11.7. The molecule has 60 heavy (non-hydrogen) atoms. The van der Waals surface area contributed by atoms with E-state index < -0.39 is 0 Å². The molecule has 0 N–H and O–H groups in total. The van der Waals surface area contributed by atoms with Gasteiger partial charge in [-0.2, -0.15) is 0 Å². The molecule has 278 valence electrons. The predicted molar refractivity (Wildman–Crippen MR) is 244 cm³/mol. The highest BCUT2D eigenvalue weighted by Gasteiger charge is 2.28. The van der Waals surface area contributed by atoms with Gasteiger partial charge in [0.15, 0.2) is 0 Å². The van der Waals surface area contributed by atoms with Gasteiger partial charge in [0, 0.05) is 54.4 Å². The van der Waals surface area contributed by atoms with Crippen LogP contribution in [0.15, 0.2) is 186 Å². The second-order valence-electron chi connectivity index (χ2n) is 15.6. The van der Waals surface area contributed by atoms with Crippen LogP contribution in [0, 0.1) is 0 Å². The summed E-state index contributed by atoms with van der Waals surface area (Å²) in [5, 5.41) is 10.0. The Morgan fingerprint density at radius 1 is 0.400 bits per heavy atom. The average molecular weight is 767 g/mol. The van der Waals surface area contributed by atoms with Gasteiger partial charge < -0.3 is 13.7 Å². The van der Waals surface area contributed by atoms with E-state index in [0.29, 0.717) is 5.95 Å². The topological polar surface area (TPSA) is 58.0 Å². The van der Waals surface area contributed by atoms with Crippen molar-refractivity contribution in [3.8, 4) is 45.5 Å². The van der Waals surface area contributed by atoms with Crippen molar-refractivity contribution in [1.82, 2.24) is 19.1 Å². The minimum atomic E-state index is 0.588. The molecule has 5 heterocycles. The van der Waals surface area contributed by atoms with E-state index in [2.05, 4.69) is 155 Å². The van der Waals surface area contributed by atoms with Gasteiger partial charge in [0.25, 0.3) is 0 Å². The van der Waals surface area contributed by atoms with Crippen molar-refractivity contribution in [2.45, 2.75) is 0 Å². The summed E-state index contributed by atoms with van der Waals surface area (Å²) in [5.74, 6) is 2.09. The Labute approximate surface area is 341 Å². The number of hydrogen-bond donors (Lipinski definition) is 0. The van der Waals surface area contributed by atoms with Gasteiger partial charge in [-0.1, -0.05) is 127 Å². The van der Waals surface area contributed by atoms with E-state index in [1.54, 1.807) is 0 Å². The van der Waals surface area contributed by atoms with Crippen molar-refractivity contribution in [3.63, 3.8) is 0 Å². The monoisotopic (exact) mass is 766 g/mol. The molecule has 13 aromatic rings. The van der Waals surface area contributed by atoms with E-state index in [1.807, 2.05) is 36.4 Å². The van der Waals surface area contributed by atoms with Crippen LogP contribution in [0.4, 0.5) is 0 Å². The zero-order chi connectivity index (χ0) is 39.1. The number of para-hydroxylation sites is 5. The first-order chi connectivity index (χ1) is 29.8. The van der Waals surface area contributed by atoms with E-state index in [0.717, 1.165) is 116 Å². The summed E-state index contributed by atoms with van der Waals surface area (Å²) in [5.41, 5.74) is 11.6. The molecular formula is C54H30N4O2. The molecule has 0 spiro atoms. The number of aromatic nitrogens is 4. The lowest BCUT2D eigenvalue weighted by atomic mass is 9.95. The van der Waals surface area contributed by atoms with Gasteiger partial charge in [-0.15, -0.1) is 0 Å². The Bertz CT molecular complexity index is 4000. The maximum absolute atomic E-state index is 6.63. The van der Waals surface area contributed by atoms with Crippen LogP contribution in [-0.4, -0.2) is 19.1 Å². The van der Waals surface area contributed by atoms with Crippen molar-refractivity contribution in [3.05, 3.63) is 182 Å². The molecule has 0 amide bonds. The van der Waals surface area contributed by atoms with Crippen LogP contribution in [0.25, 0.3) is 121 Å². The summed E-state index contributed by atoms with van der Waals surface area (Å²) in [4.78, 5) is 11.2. The highest BCUT2D eigenvalue weighted by atomic mass is 16.5. The Hall–Kier alpha value is -8.22. The fourth-order valence-electron chi connectivity index (χ4n) is 10.0. The van der Waals surface area contributed by atoms with E-state index in [4.69, 9.17) is 19.1 Å². The fraction of sp³-hybridized carbons (Fsp3) is 0. The standard InChI is InChI=1S/C54H30N4O2/c1-2-15-32-31(13-1)14-11-24-41(32)57-43-23-8-4-18-39(43)48-44(57)29-27-36-33-16-3-7-22-42(33)58(52(36)48)54-55-50-35(38-21-12-20-37-34-17-5-9-25-45(34)60-53(37)38)28-30-47-49(50)51(56-54)40-19-6-10-26-46(40)59-47/h1-30H. The third kappa shape index (κ3) is 4.16. The first-order valence-electron chi connectivity index (χ1n) is 20.2. The molecule has 0 atom stereocenters. The molecule has 1 aliphatic rings. The molecule has 0 unspecified atom stereocenters. The van der Waals surface area contributed by atoms with Gasteiger partial charge in [-0.05, 0) is 60.0 Å². The lowest BCUT2D eigenvalue weighted by molar-refractivity contribution is 0.486. The second-order valence-corrected chi connectivity index (χ2v) is 15.6. The molecule has 6 heteroatoms. The summed E-state index contributed by atoms with van der Waals surface area (Å²) in [7, 11) is 0. The molecule has 0 radical (unpaired) electrons. The number of benzene rings is 9. The third-order valence-electron chi connectivity index (χ3n) is 12.5. The van der Waals surface area contributed by atoms with Crippen molar-refractivity contribution in [2.75, 3.05) is 0 Å². The highest BCUT2D eigenvalue weighted by molar-refractivity contribution is 6.26. The van der Waals surface area contributed by atoms with Crippen LogP contribution < -0.4 is 4.74 Å². The molecule has 0 fully saturated rings. The van der Waals surface area contributed by atoms with Crippen molar-refractivity contribution >= 4 is 87.2 Å². The number of nitrogens with zero attached hydrogens (tertiary/aromatic N) is 4. The van der Waals surface area contributed by atoms with Crippen LogP contribution in [0.1, 0.15) is 0 Å². The summed E-state index contributed by atoms with van der Waals surface area (Å²) in [6.45, 7) is 0. The third-order valence-corrected chi connectivity index (χ3v) is 12.5. The van der Waals surface area contributed by atoms with Crippen LogP contribution in [-0.2, 0) is 0 Å². The molecule has 6 nitrogen and oxygen atoms in total. The number of furan rings is 1. The Morgan fingerprint density at radius 2 is 1.10 bits per heavy atom. The smallest absolute Gasteiger partial charge is 0.235 e. The van der Waals surface area contributed by atoms with Gasteiger partial charge >= 0.3 is 0 Å². The zero-order valence-corrected chi connectivity index (χ0v) is 31.9. The fourth-order valence-corrected chi connectivity index (χ4v) is 10.0. The Balaban J connectivity index is 1.15. The van der Waals surface area contributed by atoms with Crippen LogP contribution in [0.5, 0.6) is 11.5 Å². The van der Waals surface area contributed by atoms with Crippen LogP contribution in [0.2, 0.25) is 0 Å². The van der Waals surface area contributed by atoms with Gasteiger partial charge in [-0.3, -0.25) is 4.57 Å². The maximum atomic E-state index is 6.63. The molecule has 9 aromatic carbocycles. The van der Waals surface area contributed by atoms with Gasteiger partial charge in [0.2, 0.25) is 5.95 Å². The average Bonchev–Trinajstić information content (AvgIpc) is 3.97. The molecule has 0 saturated heterocycles. The van der Waals surface area contributed by atoms with Crippen LogP contribution in [0.3, 0.4) is 0 Å². The predicted octanol–water partition coefficient (Wildman–Crippen LogP) is 14.3. The van der Waals surface area contributed by atoms with E-state index >= 15 is 0 Å². The normalized spacial score (nSPS) is 12.5. The van der Waals surface area contributed by atoms with E-state index in [9.17, 15) is 0 Å². The van der Waals surface area contributed by atoms with Gasteiger partial charge in [-0.25, -0.2) is 9.97 Å².